The molecule has 0 bridgehead atoms. The van der Waals surface area contributed by atoms with Crippen LogP contribution in [0.15, 0.2) is 30.8 Å². The Kier molecular flexibility index (Phi) is 4.76. The van der Waals surface area contributed by atoms with Crippen LogP contribution >= 0.6 is 0 Å². The second kappa shape index (κ2) is 5.87. The molecule has 2 nitrogen and oxygen atoms in total. The summed E-state index contributed by atoms with van der Waals surface area (Å²) in [5.41, 5.74) is 1.24. The summed E-state index contributed by atoms with van der Waals surface area (Å²) in [5.74, 6) is 0.817. The summed E-state index contributed by atoms with van der Waals surface area (Å²) in [6.45, 7) is 12.7. The quantitative estimate of drug-likeness (QED) is 0.714. The van der Waals surface area contributed by atoms with Gasteiger partial charge in [0.15, 0.2) is 6.29 Å². The van der Waals surface area contributed by atoms with Crippen LogP contribution in [0.3, 0.4) is 0 Å². The molecular weight excluding hydrogens is 212 g/mol. The third kappa shape index (κ3) is 5.55. The van der Waals surface area contributed by atoms with Gasteiger partial charge in [0.05, 0.1) is 6.61 Å². The zero-order chi connectivity index (χ0) is 12.9. The van der Waals surface area contributed by atoms with E-state index in [1.54, 1.807) is 0 Å². The monoisotopic (exact) mass is 234 g/mol. The molecule has 0 amide bonds. The summed E-state index contributed by atoms with van der Waals surface area (Å²) in [6, 6.07) is 7.79. The van der Waals surface area contributed by atoms with Crippen molar-refractivity contribution in [3.8, 4) is 5.75 Å². The van der Waals surface area contributed by atoms with Crippen LogP contribution < -0.4 is 4.74 Å². The minimum atomic E-state index is -0.233. The highest BCUT2D eigenvalue weighted by molar-refractivity contribution is 5.48. The summed E-state index contributed by atoms with van der Waals surface area (Å²) in [5, 5.41) is 0. The van der Waals surface area contributed by atoms with E-state index in [2.05, 4.69) is 27.4 Å². The van der Waals surface area contributed by atoms with Gasteiger partial charge in [0.25, 0.3) is 0 Å². The van der Waals surface area contributed by atoms with Gasteiger partial charge >= 0.3 is 0 Å². The van der Waals surface area contributed by atoms with Gasteiger partial charge in [0, 0.05) is 0 Å². The molecule has 1 rings (SSSR count). The molecule has 0 aliphatic rings. The van der Waals surface area contributed by atoms with Crippen molar-refractivity contribution in [1.82, 2.24) is 0 Å². The van der Waals surface area contributed by atoms with Crippen LogP contribution in [0.2, 0.25) is 0 Å². The van der Waals surface area contributed by atoms with Gasteiger partial charge in [0.2, 0.25) is 0 Å². The molecule has 0 aliphatic heterocycles. The highest BCUT2D eigenvalue weighted by atomic mass is 16.7. The van der Waals surface area contributed by atoms with Crippen molar-refractivity contribution in [3.63, 3.8) is 0 Å². The van der Waals surface area contributed by atoms with Crippen LogP contribution in [0.5, 0.6) is 5.75 Å². The lowest BCUT2D eigenvalue weighted by atomic mass is 9.99. The molecule has 0 radical (unpaired) electrons. The molecule has 1 aromatic rings. The van der Waals surface area contributed by atoms with Gasteiger partial charge in [-0.15, -0.1) is 0 Å². The van der Waals surface area contributed by atoms with Crippen LogP contribution in [0, 0.1) is 5.41 Å². The normalized spacial score (nSPS) is 13.2. The smallest absolute Gasteiger partial charge is 0.196 e. The van der Waals surface area contributed by atoms with E-state index in [0.717, 1.165) is 11.3 Å². The molecule has 0 aliphatic carbocycles. The van der Waals surface area contributed by atoms with Crippen molar-refractivity contribution >= 4 is 6.08 Å². The van der Waals surface area contributed by atoms with Gasteiger partial charge in [0.1, 0.15) is 5.75 Å². The predicted octanol–water partition coefficient (Wildman–Crippen LogP) is 4.12. The zero-order valence-electron chi connectivity index (χ0n) is 11.2. The lowest BCUT2D eigenvalue weighted by Gasteiger charge is -2.22. The molecule has 0 N–H and O–H groups in total. The number of rotatable bonds is 5. The van der Waals surface area contributed by atoms with Crippen molar-refractivity contribution in [2.24, 2.45) is 5.41 Å². The summed E-state index contributed by atoms with van der Waals surface area (Å²) < 4.78 is 11.3. The van der Waals surface area contributed by atoms with Gasteiger partial charge < -0.3 is 9.47 Å². The maximum atomic E-state index is 5.65. The van der Waals surface area contributed by atoms with Crippen molar-refractivity contribution in [3.05, 3.63) is 36.4 Å². The summed E-state index contributed by atoms with van der Waals surface area (Å²) in [7, 11) is 0. The topological polar surface area (TPSA) is 18.5 Å². The third-order valence-corrected chi connectivity index (χ3v) is 2.17. The first-order chi connectivity index (χ1) is 7.90. The Hall–Kier alpha value is -1.28. The summed E-state index contributed by atoms with van der Waals surface area (Å²) in [6.07, 6.45) is 1.58. The number of hydrogen-bond acceptors (Lipinski definition) is 2. The summed E-state index contributed by atoms with van der Waals surface area (Å²) >= 11 is 0. The maximum absolute atomic E-state index is 5.65. The Balaban J connectivity index is 2.44. The van der Waals surface area contributed by atoms with Gasteiger partial charge in [-0.2, -0.15) is 0 Å². The summed E-state index contributed by atoms with van der Waals surface area (Å²) in [4.78, 5) is 0. The van der Waals surface area contributed by atoms with Crippen LogP contribution in [0.4, 0.5) is 0 Å². The molecule has 0 saturated carbocycles. The first kappa shape index (κ1) is 13.8. The van der Waals surface area contributed by atoms with E-state index >= 15 is 0 Å². The fraction of sp³-hybridized carbons (Fsp3) is 0.467. The van der Waals surface area contributed by atoms with E-state index < -0.39 is 0 Å². The van der Waals surface area contributed by atoms with E-state index in [4.69, 9.17) is 9.47 Å². The highest BCUT2D eigenvalue weighted by Gasteiger charge is 2.13. The van der Waals surface area contributed by atoms with Crippen molar-refractivity contribution < 1.29 is 9.47 Å². The fourth-order valence-electron chi connectivity index (χ4n) is 1.28. The van der Waals surface area contributed by atoms with Crippen molar-refractivity contribution in [2.45, 2.75) is 34.0 Å². The molecule has 17 heavy (non-hydrogen) atoms. The van der Waals surface area contributed by atoms with Crippen molar-refractivity contribution in [1.29, 1.82) is 0 Å². The van der Waals surface area contributed by atoms with E-state index in [1.807, 2.05) is 37.3 Å². The molecule has 1 atom stereocenters. The largest absolute Gasteiger partial charge is 0.465 e. The predicted molar refractivity (Wildman–Crippen MR) is 72.0 cm³/mol. The van der Waals surface area contributed by atoms with Crippen LogP contribution in [-0.2, 0) is 4.74 Å². The minimum absolute atomic E-state index is 0.157. The van der Waals surface area contributed by atoms with E-state index in [9.17, 15) is 0 Å². The van der Waals surface area contributed by atoms with Crippen molar-refractivity contribution in [2.75, 3.05) is 6.61 Å². The Labute approximate surface area is 104 Å². The molecule has 0 heterocycles. The Morgan fingerprint density at radius 2 is 1.82 bits per heavy atom. The van der Waals surface area contributed by atoms with Gasteiger partial charge in [-0.25, -0.2) is 0 Å². The Bertz CT molecular complexity index is 346. The van der Waals surface area contributed by atoms with Crippen LogP contribution in [0.25, 0.3) is 6.08 Å². The standard InChI is InChI=1S/C15H22O2/c1-6-13-7-9-14(10-8-13)17-12(2)16-11-15(3,4)5/h6-10,12H,1,11H2,2-5H3. The zero-order valence-corrected chi connectivity index (χ0v) is 11.2. The molecule has 94 valence electrons. The molecule has 1 aromatic carbocycles. The fourth-order valence-corrected chi connectivity index (χ4v) is 1.28. The van der Waals surface area contributed by atoms with Gasteiger partial charge in [-0.3, -0.25) is 0 Å². The Morgan fingerprint density at radius 3 is 2.29 bits per heavy atom. The average Bonchev–Trinajstić information content (AvgIpc) is 2.27. The van der Waals surface area contributed by atoms with Gasteiger partial charge in [-0.05, 0) is 30.0 Å². The molecule has 2 heteroatoms. The van der Waals surface area contributed by atoms with Gasteiger partial charge in [-0.1, -0.05) is 45.6 Å². The first-order valence-electron chi connectivity index (χ1n) is 5.91. The molecule has 0 fully saturated rings. The van der Waals surface area contributed by atoms with E-state index in [0.29, 0.717) is 6.61 Å². The second-order valence-electron chi connectivity index (χ2n) is 5.33. The van der Waals surface area contributed by atoms with E-state index in [-0.39, 0.29) is 11.7 Å². The average molecular weight is 234 g/mol. The molecular formula is C15H22O2. The van der Waals surface area contributed by atoms with E-state index in [1.165, 1.54) is 0 Å². The molecule has 1 unspecified atom stereocenters. The number of benzene rings is 1. The lowest BCUT2D eigenvalue weighted by molar-refractivity contribution is -0.0894. The lowest BCUT2D eigenvalue weighted by Crippen LogP contribution is -2.23. The minimum Gasteiger partial charge on any atom is -0.465 e. The second-order valence-corrected chi connectivity index (χ2v) is 5.33. The molecule has 0 spiro atoms. The third-order valence-electron chi connectivity index (χ3n) is 2.17. The SMILES string of the molecule is C=Cc1ccc(OC(C)OCC(C)(C)C)cc1. The first-order valence-corrected chi connectivity index (χ1v) is 5.91. The number of ether oxygens (including phenoxy) is 2. The van der Waals surface area contributed by atoms with Crippen LogP contribution in [-0.4, -0.2) is 12.9 Å². The molecule has 0 aromatic heterocycles. The highest BCUT2D eigenvalue weighted by Crippen LogP contribution is 2.17. The van der Waals surface area contributed by atoms with Crippen LogP contribution in [0.1, 0.15) is 33.3 Å². The maximum Gasteiger partial charge on any atom is 0.196 e. The Morgan fingerprint density at radius 1 is 1.24 bits per heavy atom. The number of hydrogen-bond donors (Lipinski definition) is 0. The molecule has 0 saturated heterocycles.